The molecule has 0 aromatic heterocycles. The summed E-state index contributed by atoms with van der Waals surface area (Å²) in [6, 6.07) is 6.44. The minimum Gasteiger partial charge on any atom is -0.353 e. The third-order valence-corrected chi connectivity index (χ3v) is 2.40. The molecule has 0 heterocycles. The summed E-state index contributed by atoms with van der Waals surface area (Å²) in [5.41, 5.74) is 0.598. The number of anilines is 1. The topological polar surface area (TPSA) is 70.2 Å². The van der Waals surface area contributed by atoms with Crippen molar-refractivity contribution in [3.8, 4) is 0 Å². The molecule has 0 radical (unpaired) electrons. The third-order valence-electron chi connectivity index (χ3n) is 2.16. The van der Waals surface area contributed by atoms with Crippen molar-refractivity contribution in [1.29, 1.82) is 0 Å². The average Bonchev–Trinajstić information content (AvgIpc) is 2.36. The van der Waals surface area contributed by atoms with E-state index in [1.165, 1.54) is 0 Å². The van der Waals surface area contributed by atoms with Gasteiger partial charge in [0.25, 0.3) is 0 Å². The van der Waals surface area contributed by atoms with E-state index in [9.17, 15) is 9.59 Å². The number of hydrogen-bond acceptors (Lipinski definition) is 2. The van der Waals surface area contributed by atoms with Crippen LogP contribution < -0.4 is 16.0 Å². The number of urea groups is 1. The Morgan fingerprint density at radius 1 is 1.32 bits per heavy atom. The van der Waals surface area contributed by atoms with E-state index in [1.54, 1.807) is 30.3 Å². The smallest absolute Gasteiger partial charge is 0.319 e. The van der Waals surface area contributed by atoms with Gasteiger partial charge >= 0.3 is 6.03 Å². The Morgan fingerprint density at radius 2 is 2.11 bits per heavy atom. The zero-order chi connectivity index (χ0) is 14.1. The van der Waals surface area contributed by atoms with Gasteiger partial charge in [-0.3, -0.25) is 4.79 Å². The van der Waals surface area contributed by atoms with Crippen LogP contribution in [0.2, 0.25) is 5.02 Å². The van der Waals surface area contributed by atoms with Crippen LogP contribution in [0.3, 0.4) is 0 Å². The summed E-state index contributed by atoms with van der Waals surface area (Å²) in [7, 11) is 0. The normalized spacial score (nSPS) is 9.53. The lowest BCUT2D eigenvalue weighted by Gasteiger charge is -2.07. The van der Waals surface area contributed by atoms with E-state index in [-0.39, 0.29) is 24.9 Å². The SMILES string of the molecule is C=CCNC(=O)CCNC(=O)Nc1cccc(Cl)c1. The molecule has 0 aliphatic rings. The summed E-state index contributed by atoms with van der Waals surface area (Å²) in [6.45, 7) is 4.17. The average molecular weight is 282 g/mol. The summed E-state index contributed by atoms with van der Waals surface area (Å²) in [5, 5.41) is 8.36. The second kappa shape index (κ2) is 8.16. The highest BCUT2D eigenvalue weighted by Gasteiger charge is 2.03. The molecule has 0 unspecified atom stereocenters. The van der Waals surface area contributed by atoms with Crippen LogP contribution in [0.1, 0.15) is 6.42 Å². The van der Waals surface area contributed by atoms with Crippen molar-refractivity contribution in [2.75, 3.05) is 18.4 Å². The minimum absolute atomic E-state index is 0.136. The molecule has 0 bridgehead atoms. The number of benzene rings is 1. The maximum atomic E-state index is 11.5. The predicted octanol–water partition coefficient (Wildman–Crippen LogP) is 2.15. The fraction of sp³-hybridized carbons (Fsp3) is 0.231. The molecule has 0 aliphatic carbocycles. The third kappa shape index (κ3) is 6.47. The zero-order valence-corrected chi connectivity index (χ0v) is 11.2. The zero-order valence-electron chi connectivity index (χ0n) is 10.4. The maximum Gasteiger partial charge on any atom is 0.319 e. The Kier molecular flexibility index (Phi) is 6.46. The number of nitrogens with one attached hydrogen (secondary N) is 3. The van der Waals surface area contributed by atoms with Gasteiger partial charge in [0.1, 0.15) is 0 Å². The van der Waals surface area contributed by atoms with E-state index in [4.69, 9.17) is 11.6 Å². The molecule has 19 heavy (non-hydrogen) atoms. The van der Waals surface area contributed by atoms with Gasteiger partial charge in [0.2, 0.25) is 5.91 Å². The van der Waals surface area contributed by atoms with Crippen LogP contribution in [0.25, 0.3) is 0 Å². The fourth-order valence-corrected chi connectivity index (χ4v) is 1.50. The highest BCUT2D eigenvalue weighted by atomic mass is 35.5. The van der Waals surface area contributed by atoms with E-state index < -0.39 is 0 Å². The lowest BCUT2D eigenvalue weighted by atomic mass is 10.3. The first-order valence-electron chi connectivity index (χ1n) is 5.80. The van der Waals surface area contributed by atoms with E-state index >= 15 is 0 Å². The Balaban J connectivity index is 2.25. The Labute approximate surface area is 117 Å². The molecule has 0 atom stereocenters. The van der Waals surface area contributed by atoms with Gasteiger partial charge in [-0.1, -0.05) is 23.7 Å². The summed E-state index contributed by atoms with van der Waals surface area (Å²) in [6.07, 6.45) is 1.81. The second-order valence-corrected chi connectivity index (χ2v) is 4.17. The fourth-order valence-electron chi connectivity index (χ4n) is 1.31. The van der Waals surface area contributed by atoms with E-state index in [1.807, 2.05) is 0 Å². The monoisotopic (exact) mass is 281 g/mol. The van der Waals surface area contributed by atoms with Gasteiger partial charge in [0.15, 0.2) is 0 Å². The number of amides is 3. The number of halogens is 1. The van der Waals surface area contributed by atoms with Gasteiger partial charge < -0.3 is 16.0 Å². The number of carbonyl (C=O) groups excluding carboxylic acids is 2. The van der Waals surface area contributed by atoms with Gasteiger partial charge in [-0.25, -0.2) is 4.79 Å². The lowest BCUT2D eigenvalue weighted by molar-refractivity contribution is -0.120. The number of hydrogen-bond donors (Lipinski definition) is 3. The molecule has 0 spiro atoms. The first-order chi connectivity index (χ1) is 9.11. The molecule has 1 rings (SSSR count). The second-order valence-electron chi connectivity index (χ2n) is 3.73. The van der Waals surface area contributed by atoms with Crippen LogP contribution in [0, 0.1) is 0 Å². The van der Waals surface area contributed by atoms with Gasteiger partial charge in [-0.05, 0) is 18.2 Å². The van der Waals surface area contributed by atoms with Gasteiger partial charge in [0, 0.05) is 30.2 Å². The van der Waals surface area contributed by atoms with Crippen LogP contribution in [0.5, 0.6) is 0 Å². The molecule has 3 N–H and O–H groups in total. The lowest BCUT2D eigenvalue weighted by Crippen LogP contribution is -2.33. The van der Waals surface area contributed by atoms with E-state index in [0.717, 1.165) is 0 Å². The van der Waals surface area contributed by atoms with Crippen molar-refractivity contribution >= 4 is 29.2 Å². The molecule has 0 saturated heterocycles. The van der Waals surface area contributed by atoms with Crippen molar-refractivity contribution in [2.24, 2.45) is 0 Å². The van der Waals surface area contributed by atoms with Gasteiger partial charge in [-0.15, -0.1) is 6.58 Å². The molecule has 102 valence electrons. The van der Waals surface area contributed by atoms with Crippen molar-refractivity contribution in [1.82, 2.24) is 10.6 Å². The molecule has 0 fully saturated rings. The van der Waals surface area contributed by atoms with Gasteiger partial charge in [-0.2, -0.15) is 0 Å². The van der Waals surface area contributed by atoms with Crippen molar-refractivity contribution in [2.45, 2.75) is 6.42 Å². The van der Waals surface area contributed by atoms with Gasteiger partial charge in [0.05, 0.1) is 0 Å². The summed E-state index contributed by atoms with van der Waals surface area (Å²) < 4.78 is 0. The highest BCUT2D eigenvalue weighted by molar-refractivity contribution is 6.30. The summed E-state index contributed by atoms with van der Waals surface area (Å²) >= 11 is 5.79. The first-order valence-corrected chi connectivity index (χ1v) is 6.17. The van der Waals surface area contributed by atoms with Crippen LogP contribution in [0.15, 0.2) is 36.9 Å². The largest absolute Gasteiger partial charge is 0.353 e. The first kappa shape index (κ1) is 15.0. The molecule has 5 nitrogen and oxygen atoms in total. The Bertz CT molecular complexity index is 463. The van der Waals surface area contributed by atoms with Crippen LogP contribution in [-0.2, 0) is 4.79 Å². The quantitative estimate of drug-likeness (QED) is 0.699. The molecular formula is C13H16ClN3O2. The Hall–Kier alpha value is -2.01. The number of carbonyl (C=O) groups is 2. The minimum atomic E-state index is -0.376. The molecule has 0 aliphatic heterocycles. The van der Waals surface area contributed by atoms with Crippen LogP contribution in [0.4, 0.5) is 10.5 Å². The number of rotatable bonds is 6. The van der Waals surface area contributed by atoms with E-state index in [2.05, 4.69) is 22.5 Å². The highest BCUT2D eigenvalue weighted by Crippen LogP contribution is 2.14. The van der Waals surface area contributed by atoms with Crippen molar-refractivity contribution in [3.63, 3.8) is 0 Å². The Morgan fingerprint density at radius 3 is 2.79 bits per heavy atom. The molecule has 3 amide bonds. The summed E-state index contributed by atoms with van der Waals surface area (Å²) in [5.74, 6) is -0.136. The molecule has 6 heteroatoms. The van der Waals surface area contributed by atoms with E-state index in [0.29, 0.717) is 17.3 Å². The van der Waals surface area contributed by atoms with Crippen molar-refractivity contribution in [3.05, 3.63) is 41.9 Å². The molecule has 0 saturated carbocycles. The van der Waals surface area contributed by atoms with Crippen LogP contribution in [-0.4, -0.2) is 25.0 Å². The van der Waals surface area contributed by atoms with Crippen molar-refractivity contribution < 1.29 is 9.59 Å². The molecular weight excluding hydrogens is 266 g/mol. The summed E-state index contributed by atoms with van der Waals surface area (Å²) in [4.78, 5) is 22.7. The van der Waals surface area contributed by atoms with Crippen LogP contribution >= 0.6 is 11.6 Å². The molecule has 1 aromatic carbocycles. The maximum absolute atomic E-state index is 11.5. The predicted molar refractivity (Wildman–Crippen MR) is 76.3 cm³/mol. The standard InChI is InChI=1S/C13H16ClN3O2/c1-2-7-15-12(18)6-8-16-13(19)17-11-5-3-4-10(14)9-11/h2-5,9H,1,6-8H2,(H,15,18)(H2,16,17,19). The molecule has 1 aromatic rings.